The molecule has 1 aromatic rings. The van der Waals surface area contributed by atoms with Gasteiger partial charge in [0.15, 0.2) is 0 Å². The highest BCUT2D eigenvalue weighted by atomic mass is 16.5. The van der Waals surface area contributed by atoms with Crippen LogP contribution in [0.1, 0.15) is 52.0 Å². The Morgan fingerprint density at radius 2 is 1.96 bits per heavy atom. The first-order valence-electron chi connectivity index (χ1n) is 9.28. The molecule has 2 amide bonds. The van der Waals surface area contributed by atoms with E-state index in [1.165, 1.54) is 0 Å². The van der Waals surface area contributed by atoms with E-state index in [4.69, 9.17) is 4.74 Å². The predicted molar refractivity (Wildman–Crippen MR) is 99.6 cm³/mol. The minimum Gasteiger partial charge on any atom is -0.497 e. The number of aliphatic hydroxyl groups is 1. The molecule has 0 aliphatic heterocycles. The van der Waals surface area contributed by atoms with Crippen molar-refractivity contribution < 1.29 is 14.6 Å². The molecule has 0 bridgehead atoms. The highest BCUT2D eigenvalue weighted by Crippen LogP contribution is 2.25. The summed E-state index contributed by atoms with van der Waals surface area (Å²) in [5.41, 5.74) is 1.05. The summed E-state index contributed by atoms with van der Waals surface area (Å²) in [6.45, 7) is 6.80. The minimum atomic E-state index is -0.229. The Hall–Kier alpha value is -1.75. The van der Waals surface area contributed by atoms with Gasteiger partial charge in [-0.1, -0.05) is 26.0 Å². The van der Waals surface area contributed by atoms with E-state index in [0.29, 0.717) is 12.5 Å². The highest BCUT2D eigenvalue weighted by Gasteiger charge is 2.29. The van der Waals surface area contributed by atoms with Gasteiger partial charge in [-0.3, -0.25) is 0 Å². The van der Waals surface area contributed by atoms with E-state index in [2.05, 4.69) is 19.2 Å². The van der Waals surface area contributed by atoms with Gasteiger partial charge in [0.25, 0.3) is 0 Å². The lowest BCUT2D eigenvalue weighted by molar-refractivity contribution is 0.0807. The Morgan fingerprint density at radius 1 is 1.28 bits per heavy atom. The smallest absolute Gasteiger partial charge is 0.318 e. The Bertz CT molecular complexity index is 554. The van der Waals surface area contributed by atoms with Crippen molar-refractivity contribution >= 4 is 6.03 Å². The second-order valence-corrected chi connectivity index (χ2v) is 7.42. The Morgan fingerprint density at radius 3 is 2.56 bits per heavy atom. The van der Waals surface area contributed by atoms with E-state index in [-0.39, 0.29) is 24.2 Å². The third kappa shape index (κ3) is 5.63. The highest BCUT2D eigenvalue weighted by molar-refractivity contribution is 5.75. The van der Waals surface area contributed by atoms with Crippen molar-refractivity contribution in [1.29, 1.82) is 0 Å². The quantitative estimate of drug-likeness (QED) is 0.826. The van der Waals surface area contributed by atoms with Crippen LogP contribution in [0.3, 0.4) is 0 Å². The van der Waals surface area contributed by atoms with Gasteiger partial charge in [0, 0.05) is 18.6 Å². The number of aliphatic hydroxyl groups excluding tert-OH is 1. The molecule has 1 atom stereocenters. The fourth-order valence-electron chi connectivity index (χ4n) is 3.15. The van der Waals surface area contributed by atoms with Gasteiger partial charge in [-0.2, -0.15) is 0 Å². The van der Waals surface area contributed by atoms with E-state index >= 15 is 0 Å². The number of hydrogen-bond acceptors (Lipinski definition) is 3. The van der Waals surface area contributed by atoms with Gasteiger partial charge in [-0.05, 0) is 56.2 Å². The maximum Gasteiger partial charge on any atom is 0.318 e. The molecule has 1 aromatic carbocycles. The SMILES string of the molecule is COc1cccc(CN(C(=O)NC(C)C(C)C)C2CCC(O)CC2)c1. The summed E-state index contributed by atoms with van der Waals surface area (Å²) >= 11 is 0. The van der Waals surface area contributed by atoms with Crippen LogP contribution in [0.15, 0.2) is 24.3 Å². The summed E-state index contributed by atoms with van der Waals surface area (Å²) in [6.07, 6.45) is 2.97. The zero-order chi connectivity index (χ0) is 18.4. The summed E-state index contributed by atoms with van der Waals surface area (Å²) in [5, 5.41) is 12.9. The number of carbonyl (C=O) groups is 1. The number of ether oxygens (including phenoxy) is 1. The first-order chi connectivity index (χ1) is 11.9. The molecule has 2 N–H and O–H groups in total. The lowest BCUT2D eigenvalue weighted by atomic mass is 9.91. The summed E-state index contributed by atoms with van der Waals surface area (Å²) in [6, 6.07) is 8.11. The molecular formula is C20H32N2O3. The van der Waals surface area contributed by atoms with Crippen molar-refractivity contribution in [2.45, 2.75) is 71.2 Å². The van der Waals surface area contributed by atoms with Crippen LogP contribution in [-0.4, -0.2) is 41.3 Å². The van der Waals surface area contributed by atoms with Crippen molar-refractivity contribution in [2.75, 3.05) is 7.11 Å². The monoisotopic (exact) mass is 348 g/mol. The fourth-order valence-corrected chi connectivity index (χ4v) is 3.15. The number of nitrogens with one attached hydrogen (secondary N) is 1. The molecule has 0 aromatic heterocycles. The summed E-state index contributed by atoms with van der Waals surface area (Å²) in [5.74, 6) is 1.18. The number of hydrogen-bond donors (Lipinski definition) is 2. The van der Waals surface area contributed by atoms with Gasteiger partial charge in [-0.25, -0.2) is 4.79 Å². The van der Waals surface area contributed by atoms with E-state index < -0.39 is 0 Å². The van der Waals surface area contributed by atoms with Gasteiger partial charge >= 0.3 is 6.03 Å². The molecule has 1 aliphatic rings. The molecule has 25 heavy (non-hydrogen) atoms. The molecule has 1 unspecified atom stereocenters. The largest absolute Gasteiger partial charge is 0.497 e. The summed E-state index contributed by atoms with van der Waals surface area (Å²) < 4.78 is 5.30. The molecular weight excluding hydrogens is 316 g/mol. The Labute approximate surface area is 151 Å². The second-order valence-electron chi connectivity index (χ2n) is 7.42. The molecule has 0 heterocycles. The molecule has 5 nitrogen and oxygen atoms in total. The topological polar surface area (TPSA) is 61.8 Å². The van der Waals surface area contributed by atoms with Gasteiger partial charge in [0.05, 0.1) is 13.2 Å². The molecule has 1 saturated carbocycles. The normalized spacial score (nSPS) is 21.7. The molecule has 0 saturated heterocycles. The summed E-state index contributed by atoms with van der Waals surface area (Å²) in [4.78, 5) is 14.8. The number of urea groups is 1. The number of carbonyl (C=O) groups excluding carboxylic acids is 1. The number of methoxy groups -OCH3 is 1. The third-order valence-corrected chi connectivity index (χ3v) is 5.21. The van der Waals surface area contributed by atoms with Gasteiger partial charge in [-0.15, -0.1) is 0 Å². The molecule has 0 spiro atoms. The van der Waals surface area contributed by atoms with Crippen molar-refractivity contribution in [3.05, 3.63) is 29.8 Å². The molecule has 5 heteroatoms. The zero-order valence-electron chi connectivity index (χ0n) is 15.9. The number of amides is 2. The number of rotatable bonds is 6. The van der Waals surface area contributed by atoms with Crippen LogP contribution in [-0.2, 0) is 6.54 Å². The van der Waals surface area contributed by atoms with Crippen molar-refractivity contribution in [2.24, 2.45) is 5.92 Å². The summed E-state index contributed by atoms with van der Waals surface area (Å²) in [7, 11) is 1.65. The fraction of sp³-hybridized carbons (Fsp3) is 0.650. The molecule has 2 rings (SSSR count). The van der Waals surface area contributed by atoms with Crippen LogP contribution in [0.5, 0.6) is 5.75 Å². The minimum absolute atomic E-state index is 0.0228. The van der Waals surface area contributed by atoms with Crippen LogP contribution in [0.4, 0.5) is 4.79 Å². The van der Waals surface area contributed by atoms with Gasteiger partial charge < -0.3 is 20.1 Å². The first-order valence-corrected chi connectivity index (χ1v) is 9.28. The van der Waals surface area contributed by atoms with Crippen molar-refractivity contribution in [1.82, 2.24) is 10.2 Å². The maximum atomic E-state index is 12.9. The van der Waals surface area contributed by atoms with Crippen LogP contribution in [0.2, 0.25) is 0 Å². The van der Waals surface area contributed by atoms with Crippen molar-refractivity contribution in [3.63, 3.8) is 0 Å². The van der Waals surface area contributed by atoms with Crippen molar-refractivity contribution in [3.8, 4) is 5.75 Å². The van der Waals surface area contributed by atoms with Crippen LogP contribution < -0.4 is 10.1 Å². The average molecular weight is 348 g/mol. The van der Waals surface area contributed by atoms with Gasteiger partial charge in [0.1, 0.15) is 5.75 Å². The van der Waals surface area contributed by atoms with Gasteiger partial charge in [0.2, 0.25) is 0 Å². The lowest BCUT2D eigenvalue weighted by Crippen LogP contribution is -2.50. The Kier molecular flexibility index (Phi) is 7.12. The zero-order valence-corrected chi connectivity index (χ0v) is 15.9. The number of benzene rings is 1. The lowest BCUT2D eigenvalue weighted by Gasteiger charge is -2.37. The van der Waals surface area contributed by atoms with Crippen LogP contribution >= 0.6 is 0 Å². The second kappa shape index (κ2) is 9.09. The van der Waals surface area contributed by atoms with E-state index in [9.17, 15) is 9.90 Å². The van der Waals surface area contributed by atoms with E-state index in [1.807, 2.05) is 36.1 Å². The Balaban J connectivity index is 2.14. The molecule has 1 fully saturated rings. The number of nitrogens with zero attached hydrogens (tertiary/aromatic N) is 1. The predicted octanol–water partition coefficient (Wildman–Crippen LogP) is 3.55. The molecule has 0 radical (unpaired) electrons. The van der Waals surface area contributed by atoms with E-state index in [0.717, 1.165) is 37.0 Å². The molecule has 140 valence electrons. The van der Waals surface area contributed by atoms with Crippen LogP contribution in [0, 0.1) is 5.92 Å². The maximum absolute atomic E-state index is 12.9. The molecule has 1 aliphatic carbocycles. The first kappa shape index (κ1) is 19.6. The average Bonchev–Trinajstić information content (AvgIpc) is 2.60. The third-order valence-electron chi connectivity index (χ3n) is 5.21. The standard InChI is InChI=1S/C20H32N2O3/c1-14(2)15(3)21-20(24)22(17-8-10-18(23)11-9-17)13-16-6-5-7-19(12-16)25-4/h5-7,12,14-15,17-18,23H,8-11,13H2,1-4H3,(H,21,24). The van der Waals surface area contributed by atoms with E-state index in [1.54, 1.807) is 7.11 Å². The van der Waals surface area contributed by atoms with Crippen LogP contribution in [0.25, 0.3) is 0 Å².